The van der Waals surface area contributed by atoms with E-state index in [2.05, 4.69) is 29.5 Å². The number of hydrogen-bond acceptors (Lipinski definition) is 4. The fourth-order valence-corrected chi connectivity index (χ4v) is 1.96. The van der Waals surface area contributed by atoms with Crippen molar-refractivity contribution in [3.8, 4) is 0 Å². The van der Waals surface area contributed by atoms with Crippen molar-refractivity contribution >= 4 is 24.8 Å². The largest absolute Gasteiger partial charge is 0.327 e. The standard InChI is InChI=1S/C10H13N3OS/c1-7-11-3-2-9(12-7)13-5-8(6-15)4-10(13)14/h2-3,8,12,15H,1,4-6H2. The quantitative estimate of drug-likeness (QED) is 0.679. The highest BCUT2D eigenvalue weighted by Crippen LogP contribution is 2.22. The number of thiol groups is 1. The van der Waals surface area contributed by atoms with E-state index < -0.39 is 0 Å². The second kappa shape index (κ2) is 4.10. The van der Waals surface area contributed by atoms with Crippen molar-refractivity contribution in [2.45, 2.75) is 6.42 Å². The predicted octanol–water partition coefficient (Wildman–Crippen LogP) is 0.751. The topological polar surface area (TPSA) is 44.7 Å². The van der Waals surface area contributed by atoms with Crippen LogP contribution in [-0.2, 0) is 4.79 Å². The first kappa shape index (κ1) is 10.3. The summed E-state index contributed by atoms with van der Waals surface area (Å²) in [6.07, 6.45) is 4.01. The van der Waals surface area contributed by atoms with Gasteiger partial charge in [-0.3, -0.25) is 9.69 Å². The molecular weight excluding hydrogens is 210 g/mol. The molecule has 1 unspecified atom stereocenters. The van der Waals surface area contributed by atoms with Gasteiger partial charge in [0.15, 0.2) is 0 Å². The van der Waals surface area contributed by atoms with Crippen molar-refractivity contribution in [2.75, 3.05) is 12.3 Å². The first-order chi connectivity index (χ1) is 7.20. The van der Waals surface area contributed by atoms with Gasteiger partial charge in [0.05, 0.1) is 0 Å². The Bertz CT molecular complexity index is 362. The van der Waals surface area contributed by atoms with Gasteiger partial charge in [-0.2, -0.15) is 12.6 Å². The number of amides is 1. The van der Waals surface area contributed by atoms with Gasteiger partial charge in [0.2, 0.25) is 5.91 Å². The molecule has 0 aliphatic carbocycles. The number of nitrogens with zero attached hydrogens (tertiary/aromatic N) is 2. The maximum Gasteiger partial charge on any atom is 0.228 e. The summed E-state index contributed by atoms with van der Waals surface area (Å²) in [6, 6.07) is 0. The van der Waals surface area contributed by atoms with E-state index in [1.54, 1.807) is 17.2 Å². The first-order valence-electron chi connectivity index (χ1n) is 4.82. The summed E-state index contributed by atoms with van der Waals surface area (Å²) >= 11 is 4.22. The number of allylic oxidation sites excluding steroid dienone is 1. The Labute approximate surface area is 94.2 Å². The van der Waals surface area contributed by atoms with Gasteiger partial charge in [-0.1, -0.05) is 6.58 Å². The predicted molar refractivity (Wildman–Crippen MR) is 62.5 cm³/mol. The Morgan fingerprint density at radius 2 is 2.53 bits per heavy atom. The van der Waals surface area contributed by atoms with Crippen LogP contribution >= 0.6 is 12.6 Å². The number of hydrogen-bond donors (Lipinski definition) is 2. The first-order valence-corrected chi connectivity index (χ1v) is 5.45. The van der Waals surface area contributed by atoms with Crippen LogP contribution in [0.25, 0.3) is 0 Å². The third-order valence-electron chi connectivity index (χ3n) is 2.49. The average molecular weight is 223 g/mol. The van der Waals surface area contributed by atoms with Crippen molar-refractivity contribution in [1.29, 1.82) is 0 Å². The van der Waals surface area contributed by atoms with E-state index in [0.29, 0.717) is 18.2 Å². The van der Waals surface area contributed by atoms with E-state index in [4.69, 9.17) is 0 Å². The summed E-state index contributed by atoms with van der Waals surface area (Å²) in [5.74, 6) is 2.55. The van der Waals surface area contributed by atoms with Gasteiger partial charge in [-0.25, -0.2) is 4.99 Å². The molecule has 1 amide bonds. The smallest absolute Gasteiger partial charge is 0.228 e. The van der Waals surface area contributed by atoms with Gasteiger partial charge in [-0.05, 0) is 17.7 Å². The monoisotopic (exact) mass is 223 g/mol. The fourth-order valence-electron chi connectivity index (χ4n) is 1.71. The Kier molecular flexibility index (Phi) is 2.81. The van der Waals surface area contributed by atoms with Gasteiger partial charge < -0.3 is 5.32 Å². The number of likely N-dealkylation sites (tertiary alicyclic amines) is 1. The maximum absolute atomic E-state index is 11.7. The van der Waals surface area contributed by atoms with Gasteiger partial charge in [0.1, 0.15) is 11.6 Å². The summed E-state index contributed by atoms with van der Waals surface area (Å²) in [6.45, 7) is 4.42. The third kappa shape index (κ3) is 2.07. The lowest BCUT2D eigenvalue weighted by atomic mass is 10.1. The van der Waals surface area contributed by atoms with Crippen LogP contribution in [-0.4, -0.2) is 29.3 Å². The van der Waals surface area contributed by atoms with Crippen molar-refractivity contribution in [2.24, 2.45) is 10.9 Å². The maximum atomic E-state index is 11.7. The summed E-state index contributed by atoms with van der Waals surface area (Å²) < 4.78 is 0. The lowest BCUT2D eigenvalue weighted by Gasteiger charge is -2.22. The summed E-state index contributed by atoms with van der Waals surface area (Å²) in [5.41, 5.74) is 0. The van der Waals surface area contributed by atoms with Crippen LogP contribution in [0.1, 0.15) is 6.42 Å². The second-order valence-corrected chi connectivity index (χ2v) is 4.02. The molecular formula is C10H13N3OS. The highest BCUT2D eigenvalue weighted by atomic mass is 32.1. The Morgan fingerprint density at radius 3 is 3.13 bits per heavy atom. The number of nitrogens with one attached hydrogen (secondary N) is 1. The van der Waals surface area contributed by atoms with Gasteiger partial charge >= 0.3 is 0 Å². The number of aliphatic imine (C=N–C) groups is 1. The fraction of sp³-hybridized carbons (Fsp3) is 0.400. The molecule has 1 atom stereocenters. The van der Waals surface area contributed by atoms with E-state index in [0.717, 1.165) is 18.1 Å². The van der Waals surface area contributed by atoms with Crippen molar-refractivity contribution < 1.29 is 4.79 Å². The molecule has 15 heavy (non-hydrogen) atoms. The van der Waals surface area contributed by atoms with Crippen LogP contribution in [0.5, 0.6) is 0 Å². The third-order valence-corrected chi connectivity index (χ3v) is 3.01. The number of carbonyl (C=O) groups excluding carboxylic acids is 1. The molecule has 1 fully saturated rings. The molecule has 0 spiro atoms. The zero-order valence-corrected chi connectivity index (χ0v) is 9.20. The second-order valence-electron chi connectivity index (χ2n) is 3.66. The average Bonchev–Trinajstić information content (AvgIpc) is 2.60. The van der Waals surface area contributed by atoms with E-state index in [9.17, 15) is 4.79 Å². The summed E-state index contributed by atoms with van der Waals surface area (Å²) in [4.78, 5) is 17.4. The highest BCUT2D eigenvalue weighted by Gasteiger charge is 2.31. The van der Waals surface area contributed by atoms with Crippen LogP contribution in [0.15, 0.2) is 29.3 Å². The molecule has 2 aliphatic rings. The molecule has 0 saturated carbocycles. The van der Waals surface area contributed by atoms with Gasteiger partial charge in [0, 0.05) is 19.2 Å². The lowest BCUT2D eigenvalue weighted by Crippen LogP contribution is -2.33. The molecule has 0 bridgehead atoms. The molecule has 5 heteroatoms. The molecule has 0 aromatic heterocycles. The SMILES string of the molecule is C=C1N=CC=C(N2CC(CS)CC2=O)N1. The summed E-state index contributed by atoms with van der Waals surface area (Å²) in [7, 11) is 0. The minimum absolute atomic E-state index is 0.135. The van der Waals surface area contributed by atoms with Crippen LogP contribution in [0.3, 0.4) is 0 Å². The normalized spacial score (nSPS) is 25.5. The van der Waals surface area contributed by atoms with E-state index in [-0.39, 0.29) is 5.91 Å². The van der Waals surface area contributed by atoms with Gasteiger partial charge in [-0.15, -0.1) is 0 Å². The molecule has 2 aliphatic heterocycles. The Morgan fingerprint density at radius 1 is 1.73 bits per heavy atom. The molecule has 1 saturated heterocycles. The van der Waals surface area contributed by atoms with Crippen LogP contribution in [0.4, 0.5) is 0 Å². The van der Waals surface area contributed by atoms with E-state index in [1.807, 2.05) is 0 Å². The number of rotatable bonds is 2. The summed E-state index contributed by atoms with van der Waals surface area (Å²) in [5, 5.41) is 2.98. The molecule has 80 valence electrons. The lowest BCUT2D eigenvalue weighted by molar-refractivity contribution is -0.126. The van der Waals surface area contributed by atoms with Crippen molar-refractivity contribution in [1.82, 2.24) is 10.2 Å². The minimum atomic E-state index is 0.135. The molecule has 2 rings (SSSR count). The minimum Gasteiger partial charge on any atom is -0.327 e. The highest BCUT2D eigenvalue weighted by molar-refractivity contribution is 7.80. The van der Waals surface area contributed by atoms with Gasteiger partial charge in [0.25, 0.3) is 0 Å². The zero-order chi connectivity index (χ0) is 10.8. The zero-order valence-electron chi connectivity index (χ0n) is 8.31. The molecule has 0 radical (unpaired) electrons. The number of carbonyl (C=O) groups is 1. The molecule has 0 aromatic carbocycles. The van der Waals surface area contributed by atoms with Crippen LogP contribution in [0, 0.1) is 5.92 Å². The van der Waals surface area contributed by atoms with Crippen molar-refractivity contribution in [3.05, 3.63) is 24.3 Å². The Balaban J connectivity index is 2.11. The molecule has 4 nitrogen and oxygen atoms in total. The molecule has 1 N–H and O–H groups in total. The van der Waals surface area contributed by atoms with Crippen LogP contribution in [0.2, 0.25) is 0 Å². The Hall–Kier alpha value is -1.23. The van der Waals surface area contributed by atoms with E-state index in [1.165, 1.54) is 0 Å². The molecule has 2 heterocycles. The molecule has 0 aromatic rings. The van der Waals surface area contributed by atoms with Crippen LogP contribution < -0.4 is 5.32 Å². The van der Waals surface area contributed by atoms with Crippen molar-refractivity contribution in [3.63, 3.8) is 0 Å². The van der Waals surface area contributed by atoms with E-state index >= 15 is 0 Å².